The van der Waals surface area contributed by atoms with Gasteiger partial charge in [-0.2, -0.15) is 0 Å². The normalized spacial score (nSPS) is 6.67. The van der Waals surface area contributed by atoms with Crippen molar-refractivity contribution in [3.63, 3.8) is 0 Å². The Kier molecular flexibility index (Phi) is 3.52. The molecule has 0 saturated carbocycles. The van der Waals surface area contributed by atoms with Crippen molar-refractivity contribution in [3.05, 3.63) is 18.7 Å². The van der Waals surface area contributed by atoms with Crippen LogP contribution in [-0.4, -0.2) is 9.97 Å². The first-order valence-corrected chi connectivity index (χ1v) is 1.43. The van der Waals surface area contributed by atoms with Crippen LogP contribution in [0.3, 0.4) is 0 Å². The van der Waals surface area contributed by atoms with Crippen LogP contribution in [0.2, 0.25) is 0 Å². The first-order valence-electron chi connectivity index (χ1n) is 1.43. The molecule has 2 nitrogen and oxygen atoms in total. The van der Waals surface area contributed by atoms with Crippen LogP contribution in [0.25, 0.3) is 0 Å². The summed E-state index contributed by atoms with van der Waals surface area (Å²) >= 11 is 0. The summed E-state index contributed by atoms with van der Waals surface area (Å²) in [4.78, 5) is 6.42. The maximum absolute atomic E-state index is 3.67. The van der Waals surface area contributed by atoms with Crippen molar-refractivity contribution in [2.45, 2.75) is 0 Å². The molecule has 6 heavy (non-hydrogen) atoms. The molecule has 0 spiro atoms. The Bertz CT molecular complexity index is 65.3. The molecule has 0 atom stereocenters. The molecule has 1 N–H and O–H groups in total. The van der Waals surface area contributed by atoms with E-state index in [4.69, 9.17) is 0 Å². The second-order valence-electron chi connectivity index (χ2n) is 0.761. The SMILES string of the molecule is [Na+].c1c[nH]cn1. The Balaban J connectivity index is 0.000000250. The predicted octanol–water partition coefficient (Wildman–Crippen LogP) is -2.59. The molecule has 0 aliphatic heterocycles. The minimum atomic E-state index is 0. The zero-order valence-electron chi connectivity index (χ0n) is 3.68. The van der Waals surface area contributed by atoms with Gasteiger partial charge in [0.2, 0.25) is 0 Å². The molecular weight excluding hydrogens is 87.0 g/mol. The first kappa shape index (κ1) is 6.21. The first-order chi connectivity index (χ1) is 2.50. The zero-order chi connectivity index (χ0) is 3.54. The number of aromatic amines is 1. The van der Waals surface area contributed by atoms with Gasteiger partial charge in [-0.05, 0) is 0 Å². The molecule has 0 saturated heterocycles. The fraction of sp³-hybridized carbons (Fsp3) is 0. The summed E-state index contributed by atoms with van der Waals surface area (Å²) in [5.74, 6) is 0. The van der Waals surface area contributed by atoms with E-state index in [0.29, 0.717) is 0 Å². The Morgan fingerprint density at radius 3 is 2.50 bits per heavy atom. The van der Waals surface area contributed by atoms with Gasteiger partial charge in [-0.3, -0.25) is 0 Å². The fourth-order valence-corrected chi connectivity index (χ4v) is 0.215. The topological polar surface area (TPSA) is 28.7 Å². The van der Waals surface area contributed by atoms with Crippen molar-refractivity contribution in [3.8, 4) is 0 Å². The number of hydrogen-bond donors (Lipinski definition) is 1. The van der Waals surface area contributed by atoms with E-state index in [1.807, 2.05) is 0 Å². The third-order valence-corrected chi connectivity index (χ3v) is 0.406. The van der Waals surface area contributed by atoms with Crippen LogP contribution in [-0.2, 0) is 0 Å². The average Bonchev–Trinajstić information content (AvgIpc) is 1.76. The molecule has 1 aromatic rings. The van der Waals surface area contributed by atoms with Gasteiger partial charge in [0, 0.05) is 12.4 Å². The van der Waals surface area contributed by atoms with Crippen LogP contribution in [0.1, 0.15) is 0 Å². The molecule has 1 heterocycles. The Morgan fingerprint density at radius 2 is 2.33 bits per heavy atom. The van der Waals surface area contributed by atoms with E-state index in [1.54, 1.807) is 18.7 Å². The van der Waals surface area contributed by atoms with E-state index in [0.717, 1.165) is 0 Å². The van der Waals surface area contributed by atoms with Gasteiger partial charge in [0.25, 0.3) is 0 Å². The van der Waals surface area contributed by atoms with Gasteiger partial charge in [-0.15, -0.1) is 0 Å². The van der Waals surface area contributed by atoms with Crippen LogP contribution >= 0.6 is 0 Å². The van der Waals surface area contributed by atoms with Gasteiger partial charge >= 0.3 is 29.6 Å². The van der Waals surface area contributed by atoms with Crippen LogP contribution in [0.5, 0.6) is 0 Å². The number of H-pyrrole nitrogens is 1. The molecule has 3 heteroatoms. The van der Waals surface area contributed by atoms with E-state index in [2.05, 4.69) is 9.97 Å². The smallest absolute Gasteiger partial charge is 0.351 e. The van der Waals surface area contributed by atoms with Gasteiger partial charge in [0.15, 0.2) is 0 Å². The summed E-state index contributed by atoms with van der Waals surface area (Å²) in [5, 5.41) is 0. The number of nitrogens with zero attached hydrogens (tertiary/aromatic N) is 1. The molecule has 0 bridgehead atoms. The molecule has 1 aromatic heterocycles. The largest absolute Gasteiger partial charge is 1.00 e. The quantitative estimate of drug-likeness (QED) is 0.349. The second kappa shape index (κ2) is 3.40. The van der Waals surface area contributed by atoms with Gasteiger partial charge in [0.1, 0.15) is 0 Å². The van der Waals surface area contributed by atoms with Crippen LogP contribution < -0.4 is 29.6 Å². The van der Waals surface area contributed by atoms with E-state index in [9.17, 15) is 0 Å². The van der Waals surface area contributed by atoms with Gasteiger partial charge in [-0.25, -0.2) is 4.98 Å². The third-order valence-electron chi connectivity index (χ3n) is 0.406. The molecule has 0 amide bonds. The van der Waals surface area contributed by atoms with Crippen molar-refractivity contribution in [1.29, 1.82) is 0 Å². The molecule has 0 aromatic carbocycles. The van der Waals surface area contributed by atoms with Crippen LogP contribution in [0.15, 0.2) is 18.7 Å². The average molecular weight is 91.1 g/mol. The van der Waals surface area contributed by atoms with Crippen molar-refractivity contribution < 1.29 is 29.6 Å². The maximum Gasteiger partial charge on any atom is 1.00 e. The molecule has 0 aliphatic rings. The Hall–Kier alpha value is 0.210. The molecule has 0 unspecified atom stereocenters. The predicted molar refractivity (Wildman–Crippen MR) is 18.6 cm³/mol. The van der Waals surface area contributed by atoms with Crippen molar-refractivity contribution >= 4 is 0 Å². The number of nitrogens with one attached hydrogen (secondary N) is 1. The number of imidazole rings is 1. The fourth-order valence-electron chi connectivity index (χ4n) is 0.215. The van der Waals surface area contributed by atoms with Crippen LogP contribution in [0.4, 0.5) is 0 Å². The zero-order valence-corrected chi connectivity index (χ0v) is 5.68. The Labute approximate surface area is 58.3 Å². The maximum atomic E-state index is 3.67. The summed E-state index contributed by atoms with van der Waals surface area (Å²) in [7, 11) is 0. The monoisotopic (exact) mass is 91.0 g/mol. The minimum absolute atomic E-state index is 0. The van der Waals surface area contributed by atoms with E-state index >= 15 is 0 Å². The Morgan fingerprint density at radius 1 is 1.50 bits per heavy atom. The van der Waals surface area contributed by atoms with E-state index in [1.165, 1.54) is 0 Å². The van der Waals surface area contributed by atoms with Crippen LogP contribution in [0, 0.1) is 0 Å². The summed E-state index contributed by atoms with van der Waals surface area (Å²) in [6.07, 6.45) is 5.08. The minimum Gasteiger partial charge on any atom is -0.351 e. The van der Waals surface area contributed by atoms with Crippen molar-refractivity contribution in [1.82, 2.24) is 9.97 Å². The molecule has 1 rings (SSSR count). The molecule has 0 aliphatic carbocycles. The number of rotatable bonds is 0. The summed E-state index contributed by atoms with van der Waals surface area (Å²) in [6.45, 7) is 0. The summed E-state index contributed by atoms with van der Waals surface area (Å²) in [6, 6.07) is 0. The molecule has 0 radical (unpaired) electrons. The van der Waals surface area contributed by atoms with E-state index < -0.39 is 0 Å². The summed E-state index contributed by atoms with van der Waals surface area (Å²) in [5.41, 5.74) is 0. The van der Waals surface area contributed by atoms with Gasteiger partial charge in [0.05, 0.1) is 6.33 Å². The van der Waals surface area contributed by atoms with Gasteiger partial charge < -0.3 is 4.98 Å². The molecule has 0 fully saturated rings. The van der Waals surface area contributed by atoms with Gasteiger partial charge in [-0.1, -0.05) is 0 Å². The number of aromatic nitrogens is 2. The second-order valence-corrected chi connectivity index (χ2v) is 0.761. The summed E-state index contributed by atoms with van der Waals surface area (Å²) < 4.78 is 0. The van der Waals surface area contributed by atoms with Crippen molar-refractivity contribution in [2.24, 2.45) is 0 Å². The third kappa shape index (κ3) is 1.60. The standard InChI is InChI=1S/C3H4N2.Na/c1-2-5-3-4-1;/h1-3H,(H,4,5);/q;+1. The number of hydrogen-bond acceptors (Lipinski definition) is 1. The van der Waals surface area contributed by atoms with Crippen molar-refractivity contribution in [2.75, 3.05) is 0 Å². The molecular formula is C3H4N2Na+. The molecule has 26 valence electrons. The van der Waals surface area contributed by atoms with E-state index in [-0.39, 0.29) is 29.6 Å².